The third-order valence-electron chi connectivity index (χ3n) is 6.52. The van der Waals surface area contributed by atoms with Crippen LogP contribution in [-0.2, 0) is 13.6 Å². The van der Waals surface area contributed by atoms with Crippen molar-refractivity contribution in [2.24, 2.45) is 0 Å². The molecule has 51 heavy (non-hydrogen) atoms. The number of rotatable bonds is 15. The van der Waals surface area contributed by atoms with Crippen molar-refractivity contribution >= 4 is 41.0 Å². The smallest absolute Gasteiger partial charge is 0.409 e. The van der Waals surface area contributed by atoms with E-state index in [2.05, 4.69) is 91.0 Å². The summed E-state index contributed by atoms with van der Waals surface area (Å²) in [5.74, 6) is 2.13. The van der Waals surface area contributed by atoms with Crippen LogP contribution < -0.4 is 29.5 Å². The van der Waals surface area contributed by atoms with Gasteiger partial charge in [-0.05, 0) is 81.0 Å². The van der Waals surface area contributed by atoms with Gasteiger partial charge in [-0.25, -0.2) is 0 Å². The molecule has 0 radical (unpaired) electrons. The lowest BCUT2D eigenvalue weighted by atomic mass is 10.3. The van der Waals surface area contributed by atoms with Gasteiger partial charge in [-0.2, -0.15) is 0 Å². The van der Waals surface area contributed by atoms with Gasteiger partial charge in [0.25, 0.3) is 0 Å². The third kappa shape index (κ3) is 15.0. The standard InChI is InChI=1S/C18H15O3P.C18H15P.C6H15O3P/c1-4-10-16(11-5-1)19-22(20-17-12-6-2-7-13-17)21-18-14-8-3-9-15-18;1-4-10-16(11-5-1)19(17-12-6-2-7-13-17)18-14-8-3-9-15-18;1-4-7-10(8-5-2)9-6-3/h1-15H;1-15H;4-6H2,1-3H3. The molecular formula is C42H45O6P3. The number of hydrogen-bond acceptors (Lipinski definition) is 6. The highest BCUT2D eigenvalue weighted by Crippen LogP contribution is 2.42. The minimum Gasteiger partial charge on any atom is -0.409 e. The van der Waals surface area contributed by atoms with Crippen molar-refractivity contribution in [2.45, 2.75) is 20.8 Å². The lowest BCUT2D eigenvalue weighted by Gasteiger charge is -2.18. The minimum absolute atomic E-state index is 0.446. The third-order valence-corrected chi connectivity index (χ3v) is 11.4. The molecule has 0 amide bonds. The molecule has 0 saturated carbocycles. The van der Waals surface area contributed by atoms with Crippen molar-refractivity contribution in [3.63, 3.8) is 0 Å². The predicted octanol–water partition coefficient (Wildman–Crippen LogP) is 11.2. The Balaban J connectivity index is 0.000000184. The van der Waals surface area contributed by atoms with Gasteiger partial charge in [0.1, 0.15) is 17.2 Å². The van der Waals surface area contributed by atoms with Gasteiger partial charge in [0.2, 0.25) is 0 Å². The van der Waals surface area contributed by atoms with Crippen molar-refractivity contribution < 1.29 is 27.1 Å². The van der Waals surface area contributed by atoms with Gasteiger partial charge in [0.15, 0.2) is 0 Å². The molecule has 0 aliphatic carbocycles. The molecule has 6 aromatic carbocycles. The second kappa shape index (κ2) is 24.1. The highest BCUT2D eigenvalue weighted by Gasteiger charge is 2.19. The molecule has 0 atom stereocenters. The molecule has 0 aliphatic rings. The first kappa shape index (κ1) is 39.7. The van der Waals surface area contributed by atoms with Gasteiger partial charge in [0, 0.05) is 0 Å². The molecule has 6 rings (SSSR count). The monoisotopic (exact) mass is 738 g/mol. The average Bonchev–Trinajstić information content (AvgIpc) is 3.18. The summed E-state index contributed by atoms with van der Waals surface area (Å²) >= 11 is 0. The molecular weight excluding hydrogens is 693 g/mol. The zero-order valence-corrected chi connectivity index (χ0v) is 31.9. The van der Waals surface area contributed by atoms with Crippen molar-refractivity contribution in [1.82, 2.24) is 0 Å². The molecule has 0 N–H and O–H groups in total. The van der Waals surface area contributed by atoms with Crippen molar-refractivity contribution in [3.8, 4) is 17.2 Å². The summed E-state index contributed by atoms with van der Waals surface area (Å²) in [6.07, 6.45) is 0. The highest BCUT2D eigenvalue weighted by molar-refractivity contribution is 7.79. The summed E-state index contributed by atoms with van der Waals surface area (Å²) in [5.41, 5.74) is 0. The first-order valence-electron chi connectivity index (χ1n) is 16.8. The Morgan fingerprint density at radius 1 is 0.314 bits per heavy atom. The normalized spacial score (nSPS) is 10.5. The van der Waals surface area contributed by atoms with E-state index in [4.69, 9.17) is 27.1 Å². The molecule has 0 aliphatic heterocycles. The van der Waals surface area contributed by atoms with E-state index in [1.54, 1.807) is 0 Å². The first-order valence-corrected chi connectivity index (χ1v) is 20.4. The van der Waals surface area contributed by atoms with Gasteiger partial charge < -0.3 is 27.1 Å². The predicted molar refractivity (Wildman–Crippen MR) is 215 cm³/mol. The fourth-order valence-corrected chi connectivity index (χ4v) is 8.52. The van der Waals surface area contributed by atoms with Crippen LogP contribution >= 0.6 is 25.1 Å². The molecule has 6 aromatic rings. The van der Waals surface area contributed by atoms with Crippen LogP contribution in [0.4, 0.5) is 0 Å². The minimum atomic E-state index is -1.59. The molecule has 0 spiro atoms. The van der Waals surface area contributed by atoms with Crippen LogP contribution in [0, 0.1) is 0 Å². The van der Waals surface area contributed by atoms with Gasteiger partial charge >= 0.3 is 17.2 Å². The van der Waals surface area contributed by atoms with Gasteiger partial charge in [-0.1, -0.05) is 146 Å². The summed E-state index contributed by atoms with van der Waals surface area (Å²) in [6.45, 7) is 7.71. The van der Waals surface area contributed by atoms with E-state index in [9.17, 15) is 0 Å². The van der Waals surface area contributed by atoms with Crippen LogP contribution in [0.1, 0.15) is 20.8 Å². The van der Waals surface area contributed by atoms with Crippen LogP contribution in [0.3, 0.4) is 0 Å². The van der Waals surface area contributed by atoms with Crippen molar-refractivity contribution in [1.29, 1.82) is 0 Å². The summed E-state index contributed by atoms with van der Waals surface area (Å²) in [5, 5.41) is 4.19. The maximum atomic E-state index is 5.84. The highest BCUT2D eigenvalue weighted by atomic mass is 31.2. The quantitative estimate of drug-likeness (QED) is 0.0978. The largest absolute Gasteiger partial charge is 0.530 e. The maximum Gasteiger partial charge on any atom is 0.530 e. The van der Waals surface area contributed by atoms with Crippen LogP contribution in [0.5, 0.6) is 17.2 Å². The Morgan fingerprint density at radius 3 is 0.784 bits per heavy atom. The Hall–Kier alpha value is -4.11. The lowest BCUT2D eigenvalue weighted by molar-refractivity contribution is 0.176. The summed E-state index contributed by atoms with van der Waals surface area (Å²) in [4.78, 5) is 0. The zero-order valence-electron chi connectivity index (χ0n) is 29.2. The number of para-hydroxylation sites is 3. The second-order valence-corrected chi connectivity index (χ2v) is 14.7. The van der Waals surface area contributed by atoms with E-state index in [1.807, 2.05) is 112 Å². The van der Waals surface area contributed by atoms with E-state index in [0.717, 1.165) is 0 Å². The summed E-state index contributed by atoms with van der Waals surface area (Å²) < 4.78 is 33.0. The molecule has 0 unspecified atom stereocenters. The topological polar surface area (TPSA) is 55.4 Å². The molecule has 9 heteroatoms. The van der Waals surface area contributed by atoms with E-state index in [1.165, 1.54) is 15.9 Å². The summed E-state index contributed by atoms with van der Waals surface area (Å²) in [6, 6.07) is 60.8. The summed E-state index contributed by atoms with van der Waals surface area (Å²) in [7, 11) is -3.10. The Labute approximate surface area is 307 Å². The van der Waals surface area contributed by atoms with Crippen LogP contribution in [-0.4, -0.2) is 19.8 Å². The van der Waals surface area contributed by atoms with E-state index >= 15 is 0 Å². The fourth-order valence-electron chi connectivity index (χ4n) is 4.36. The van der Waals surface area contributed by atoms with Gasteiger partial charge in [-0.15, -0.1) is 0 Å². The Morgan fingerprint density at radius 2 is 0.549 bits per heavy atom. The molecule has 0 bridgehead atoms. The zero-order chi connectivity index (χ0) is 35.8. The number of benzene rings is 6. The van der Waals surface area contributed by atoms with Crippen LogP contribution in [0.25, 0.3) is 0 Å². The molecule has 264 valence electrons. The average molecular weight is 739 g/mol. The second-order valence-electron chi connectivity index (χ2n) is 10.3. The van der Waals surface area contributed by atoms with Crippen LogP contribution in [0.15, 0.2) is 182 Å². The number of hydrogen-bond donors (Lipinski definition) is 0. The molecule has 0 saturated heterocycles. The van der Waals surface area contributed by atoms with Crippen molar-refractivity contribution in [3.05, 3.63) is 182 Å². The lowest BCUT2D eigenvalue weighted by Crippen LogP contribution is -2.20. The van der Waals surface area contributed by atoms with E-state index in [0.29, 0.717) is 37.1 Å². The molecule has 0 fully saturated rings. The van der Waals surface area contributed by atoms with Crippen LogP contribution in [0.2, 0.25) is 0 Å². The molecule has 6 nitrogen and oxygen atoms in total. The Bertz CT molecular complexity index is 1500. The molecule has 0 heterocycles. The van der Waals surface area contributed by atoms with Gasteiger partial charge in [-0.3, -0.25) is 0 Å². The van der Waals surface area contributed by atoms with Gasteiger partial charge in [0.05, 0.1) is 19.8 Å². The van der Waals surface area contributed by atoms with E-state index < -0.39 is 25.1 Å². The maximum absolute atomic E-state index is 5.84. The SMILES string of the molecule is CCOP(OCC)OCC.c1ccc(OP(Oc2ccccc2)Oc2ccccc2)cc1.c1ccc(P(c2ccccc2)c2ccccc2)cc1. The van der Waals surface area contributed by atoms with Crippen molar-refractivity contribution in [2.75, 3.05) is 19.8 Å². The molecule has 0 aromatic heterocycles. The van der Waals surface area contributed by atoms with E-state index in [-0.39, 0.29) is 0 Å². The fraction of sp³-hybridized carbons (Fsp3) is 0.143. The Kier molecular flexibility index (Phi) is 18.8. The first-order chi connectivity index (χ1) is 25.2.